The number of hydrogen-bond donors (Lipinski definition) is 3. The van der Waals surface area contributed by atoms with Crippen molar-refractivity contribution in [2.24, 2.45) is 0 Å². The number of ether oxygens (including phenoxy) is 5. The van der Waals surface area contributed by atoms with E-state index in [0.717, 1.165) is 135 Å². The number of aliphatic hydroxyl groups is 2. The van der Waals surface area contributed by atoms with Crippen molar-refractivity contribution in [1.82, 2.24) is 0 Å². The topological polar surface area (TPSA) is 175 Å². The maximum absolute atomic E-state index is 13.1. The smallest absolute Gasteiger partial charge is 0.335 e. The number of unbranched alkanes of at least 4 members (excludes halogenated alkanes) is 20. The van der Waals surface area contributed by atoms with Gasteiger partial charge in [0, 0.05) is 19.3 Å². The van der Waals surface area contributed by atoms with Crippen molar-refractivity contribution in [2.75, 3.05) is 13.2 Å². The van der Waals surface area contributed by atoms with Gasteiger partial charge in [-0.2, -0.15) is 0 Å². The minimum absolute atomic E-state index is 0.0567. The Morgan fingerprint density at radius 2 is 0.887 bits per heavy atom. The largest absolute Gasteiger partial charge is 0.479 e. The SMILES string of the molecule is CC/C=C\C/C=C\C/C=C\CCCCCCCCCC(=O)OCC(COC1OC(C(=O)O)C(O)C(O)C1OC(=O)CCCCCCCCCCC)OC(=O)CCCCCCC/C=C\C/C=C\C/C=C\CC. The van der Waals surface area contributed by atoms with Crippen LogP contribution in [-0.2, 0) is 42.9 Å². The van der Waals surface area contributed by atoms with Gasteiger partial charge in [0.1, 0.15) is 18.8 Å². The van der Waals surface area contributed by atoms with Gasteiger partial charge in [0.2, 0.25) is 0 Å². The first-order valence-electron chi connectivity index (χ1n) is 27.9. The monoisotopic (exact) mass is 999 g/mol. The number of carboxylic acids is 1. The molecular formula is C59H98O12. The molecule has 1 aliphatic rings. The number of aliphatic hydroxyl groups excluding tert-OH is 2. The van der Waals surface area contributed by atoms with Crippen molar-refractivity contribution >= 4 is 23.9 Å². The van der Waals surface area contributed by atoms with Crippen LogP contribution in [-0.4, -0.2) is 89.2 Å². The summed E-state index contributed by atoms with van der Waals surface area (Å²) < 4.78 is 28.3. The minimum atomic E-state index is -1.91. The van der Waals surface area contributed by atoms with E-state index >= 15 is 0 Å². The van der Waals surface area contributed by atoms with Crippen LogP contribution in [0.2, 0.25) is 0 Å². The third kappa shape index (κ3) is 37.6. The molecule has 71 heavy (non-hydrogen) atoms. The van der Waals surface area contributed by atoms with E-state index < -0.39 is 67.3 Å². The van der Waals surface area contributed by atoms with Crippen molar-refractivity contribution in [3.8, 4) is 0 Å². The highest BCUT2D eigenvalue weighted by Crippen LogP contribution is 2.26. The molecule has 0 saturated carbocycles. The lowest BCUT2D eigenvalue weighted by Gasteiger charge is -2.40. The average molecular weight is 999 g/mol. The molecule has 0 bridgehead atoms. The Hall–Kier alpha value is -3.84. The van der Waals surface area contributed by atoms with E-state index in [1.165, 1.54) is 32.1 Å². The molecule has 0 aromatic rings. The molecule has 1 saturated heterocycles. The predicted molar refractivity (Wildman–Crippen MR) is 285 cm³/mol. The fraction of sp³-hybridized carbons (Fsp3) is 0.729. The molecule has 0 aliphatic carbocycles. The van der Waals surface area contributed by atoms with Crippen molar-refractivity contribution in [3.05, 3.63) is 72.9 Å². The molecule has 0 aromatic heterocycles. The number of carboxylic acid groups (broad SMARTS) is 1. The van der Waals surface area contributed by atoms with Gasteiger partial charge in [-0.25, -0.2) is 4.79 Å². The van der Waals surface area contributed by atoms with Crippen LogP contribution in [0.25, 0.3) is 0 Å². The Kier molecular flexibility index (Phi) is 43.3. The molecule has 0 aromatic carbocycles. The number of carbonyl (C=O) groups is 4. The fourth-order valence-corrected chi connectivity index (χ4v) is 8.04. The van der Waals surface area contributed by atoms with Crippen LogP contribution in [0.15, 0.2) is 72.9 Å². The zero-order valence-corrected chi connectivity index (χ0v) is 44.4. The van der Waals surface area contributed by atoms with E-state index in [1.54, 1.807) is 0 Å². The van der Waals surface area contributed by atoms with Crippen LogP contribution in [0.4, 0.5) is 0 Å². The van der Waals surface area contributed by atoms with Crippen LogP contribution in [0.1, 0.15) is 226 Å². The van der Waals surface area contributed by atoms with E-state index in [0.29, 0.717) is 19.3 Å². The summed E-state index contributed by atoms with van der Waals surface area (Å²) in [6, 6.07) is 0. The lowest BCUT2D eigenvalue weighted by atomic mass is 9.98. The zero-order chi connectivity index (χ0) is 51.8. The fourth-order valence-electron chi connectivity index (χ4n) is 8.04. The Morgan fingerprint density at radius 1 is 0.479 bits per heavy atom. The van der Waals surface area contributed by atoms with E-state index in [2.05, 4.69) is 93.7 Å². The Balaban J connectivity index is 2.71. The summed E-state index contributed by atoms with van der Waals surface area (Å²) in [4.78, 5) is 50.9. The first-order valence-corrected chi connectivity index (χ1v) is 27.9. The highest BCUT2D eigenvalue weighted by atomic mass is 16.7. The van der Waals surface area contributed by atoms with Crippen molar-refractivity contribution < 1.29 is 58.2 Å². The number of hydrogen-bond acceptors (Lipinski definition) is 11. The highest BCUT2D eigenvalue weighted by Gasteiger charge is 2.50. The standard InChI is InChI=1S/C59H98O12/c1-4-7-10-13-16-19-21-23-25-26-28-29-31-34-36-39-42-45-51(60)67-48-50(69-52(61)46-43-40-38-35-32-30-27-24-22-20-17-14-11-8-5-2)49-68-59-57(55(64)54(63)56(71-59)58(65)66)70-53(62)47-44-41-37-33-18-15-12-9-6-3/h7-8,10-11,16-17,19-20,23-25,27,50,54-57,59,63-64H,4-6,9,12-15,18,21-22,26,28-49H2,1-3H3,(H,65,66)/b10-7-,11-8-,19-16-,20-17-,25-23-,27-24-. The molecule has 3 N–H and O–H groups in total. The second-order valence-corrected chi connectivity index (χ2v) is 18.8. The first-order chi connectivity index (χ1) is 34.6. The minimum Gasteiger partial charge on any atom is -0.479 e. The number of carbonyl (C=O) groups excluding carboxylic acids is 3. The summed E-state index contributed by atoms with van der Waals surface area (Å²) in [5.74, 6) is -3.16. The lowest BCUT2D eigenvalue weighted by molar-refractivity contribution is -0.301. The van der Waals surface area contributed by atoms with Gasteiger partial charge in [0.05, 0.1) is 6.61 Å². The summed E-state index contributed by atoms with van der Waals surface area (Å²) in [7, 11) is 0. The van der Waals surface area contributed by atoms with Gasteiger partial charge >= 0.3 is 23.9 Å². The van der Waals surface area contributed by atoms with E-state index in [-0.39, 0.29) is 25.9 Å². The number of aliphatic carboxylic acids is 1. The van der Waals surface area contributed by atoms with E-state index in [4.69, 9.17) is 23.7 Å². The number of allylic oxidation sites excluding steroid dienone is 12. The molecule has 1 aliphatic heterocycles. The van der Waals surface area contributed by atoms with Crippen LogP contribution < -0.4 is 0 Å². The van der Waals surface area contributed by atoms with Gasteiger partial charge in [0.25, 0.3) is 0 Å². The maximum atomic E-state index is 13.1. The van der Waals surface area contributed by atoms with E-state index in [1.807, 2.05) is 0 Å². The molecule has 0 spiro atoms. The third-order valence-electron chi connectivity index (χ3n) is 12.3. The molecule has 0 amide bonds. The summed E-state index contributed by atoms with van der Waals surface area (Å²) in [5.41, 5.74) is 0. The molecule has 0 radical (unpaired) electrons. The molecule has 6 unspecified atom stereocenters. The van der Waals surface area contributed by atoms with Gasteiger partial charge in [-0.1, -0.05) is 196 Å². The van der Waals surface area contributed by atoms with Gasteiger partial charge in [-0.15, -0.1) is 0 Å². The van der Waals surface area contributed by atoms with Crippen molar-refractivity contribution in [1.29, 1.82) is 0 Å². The summed E-state index contributed by atoms with van der Waals surface area (Å²) in [6.45, 7) is 5.70. The molecule has 1 fully saturated rings. The van der Waals surface area contributed by atoms with Gasteiger partial charge in [0.15, 0.2) is 24.6 Å². The van der Waals surface area contributed by atoms with Gasteiger partial charge in [-0.3, -0.25) is 14.4 Å². The Bertz CT molecular complexity index is 1510. The second-order valence-electron chi connectivity index (χ2n) is 18.8. The van der Waals surface area contributed by atoms with Gasteiger partial charge < -0.3 is 39.0 Å². The van der Waals surface area contributed by atoms with Crippen LogP contribution in [0.5, 0.6) is 0 Å². The number of esters is 3. The molecule has 12 heteroatoms. The van der Waals surface area contributed by atoms with Crippen LogP contribution in [0.3, 0.4) is 0 Å². The summed E-state index contributed by atoms with van der Waals surface area (Å²) in [6.07, 6.45) is 46.1. The van der Waals surface area contributed by atoms with Crippen molar-refractivity contribution in [2.45, 2.75) is 263 Å². The van der Waals surface area contributed by atoms with Crippen LogP contribution >= 0.6 is 0 Å². The predicted octanol–water partition coefficient (Wildman–Crippen LogP) is 13.8. The average Bonchev–Trinajstić information content (AvgIpc) is 3.35. The van der Waals surface area contributed by atoms with E-state index in [9.17, 15) is 34.5 Å². The quantitative estimate of drug-likeness (QED) is 0.0228. The lowest BCUT2D eigenvalue weighted by Crippen LogP contribution is -2.61. The second kappa shape index (κ2) is 47.2. The highest BCUT2D eigenvalue weighted by molar-refractivity contribution is 5.74. The summed E-state index contributed by atoms with van der Waals surface area (Å²) >= 11 is 0. The molecule has 12 nitrogen and oxygen atoms in total. The zero-order valence-electron chi connectivity index (χ0n) is 44.4. The van der Waals surface area contributed by atoms with Crippen LogP contribution in [0, 0.1) is 0 Å². The molecule has 6 atom stereocenters. The molecule has 1 rings (SSSR count). The molecule has 1 heterocycles. The van der Waals surface area contributed by atoms with Crippen molar-refractivity contribution in [3.63, 3.8) is 0 Å². The number of rotatable bonds is 46. The maximum Gasteiger partial charge on any atom is 0.335 e. The molecule has 406 valence electrons. The third-order valence-corrected chi connectivity index (χ3v) is 12.3. The normalized spacial score (nSPS) is 19.0. The summed E-state index contributed by atoms with van der Waals surface area (Å²) in [5, 5.41) is 31.3. The molecular weight excluding hydrogens is 901 g/mol. The van der Waals surface area contributed by atoms with Gasteiger partial charge in [-0.05, 0) is 83.5 Å². The Labute approximate surface area is 429 Å². The first kappa shape index (κ1) is 65.2. The Morgan fingerprint density at radius 3 is 1.35 bits per heavy atom.